The smallest absolute Gasteiger partial charge is 0.308 e. The fraction of sp³-hybridized carbons (Fsp3) is 0.0833. The lowest BCUT2D eigenvalue weighted by molar-refractivity contribution is 0.595. The van der Waals surface area contributed by atoms with Crippen LogP contribution < -0.4 is 0 Å². The van der Waals surface area contributed by atoms with Crippen LogP contribution in [0.5, 0.6) is 0 Å². The molecule has 2 heterocycles. The van der Waals surface area contributed by atoms with E-state index in [0.717, 1.165) is 11.3 Å². The molecule has 0 N–H and O–H groups in total. The second-order valence-electron chi connectivity index (χ2n) is 3.88. The first-order chi connectivity index (χ1) is 8.70. The first kappa shape index (κ1) is 11.0. The van der Waals surface area contributed by atoms with Crippen molar-refractivity contribution in [3.63, 3.8) is 0 Å². The summed E-state index contributed by atoms with van der Waals surface area (Å²) in [6, 6.07) is 7.04. The molecule has 18 heavy (non-hydrogen) atoms. The fourth-order valence-electron chi connectivity index (χ4n) is 1.87. The van der Waals surface area contributed by atoms with Gasteiger partial charge in [-0.05, 0) is 24.2 Å². The van der Waals surface area contributed by atoms with Gasteiger partial charge in [0.15, 0.2) is 0 Å². The van der Waals surface area contributed by atoms with Crippen molar-refractivity contribution in [3.05, 3.63) is 46.2 Å². The molecule has 0 aliphatic carbocycles. The molecule has 0 aliphatic rings. The van der Waals surface area contributed by atoms with Gasteiger partial charge in [0.1, 0.15) is 12.0 Å². The molecule has 0 aliphatic heterocycles. The second-order valence-corrected chi connectivity index (χ2v) is 4.31. The molecule has 0 saturated carbocycles. The van der Waals surface area contributed by atoms with Gasteiger partial charge in [-0.3, -0.25) is 0 Å². The standard InChI is InChI=1S/C12H8ClN3O2/c1-7-6-18-12-14-10(11(15-17)16(7)12)8-2-4-9(13)5-3-8/h2-6H,1H3. The van der Waals surface area contributed by atoms with Gasteiger partial charge in [-0.1, -0.05) is 23.7 Å². The molecular formula is C12H8ClN3O2. The average molecular weight is 262 g/mol. The van der Waals surface area contributed by atoms with Gasteiger partial charge >= 0.3 is 5.84 Å². The van der Waals surface area contributed by atoms with Crippen LogP contribution in [0.1, 0.15) is 5.69 Å². The zero-order valence-electron chi connectivity index (χ0n) is 9.42. The van der Waals surface area contributed by atoms with Crippen LogP contribution in [0.15, 0.2) is 40.1 Å². The summed E-state index contributed by atoms with van der Waals surface area (Å²) in [6.45, 7) is 1.82. The first-order valence-corrected chi connectivity index (χ1v) is 5.64. The average Bonchev–Trinajstić information content (AvgIpc) is 2.91. The minimum atomic E-state index is 0.235. The fourth-order valence-corrected chi connectivity index (χ4v) is 1.99. The van der Waals surface area contributed by atoms with Gasteiger partial charge in [-0.15, -0.1) is 4.91 Å². The van der Waals surface area contributed by atoms with E-state index in [4.69, 9.17) is 16.0 Å². The summed E-state index contributed by atoms with van der Waals surface area (Å²) < 4.78 is 6.82. The molecule has 0 radical (unpaired) electrons. The van der Waals surface area contributed by atoms with Gasteiger partial charge in [-0.2, -0.15) is 4.98 Å². The Hall–Kier alpha value is -2.14. The van der Waals surface area contributed by atoms with E-state index in [1.54, 1.807) is 28.7 Å². The number of halogens is 1. The summed E-state index contributed by atoms with van der Waals surface area (Å²) in [6.07, 6.45) is 1.53. The Bertz CT molecular complexity index is 728. The largest absolute Gasteiger partial charge is 0.431 e. The van der Waals surface area contributed by atoms with E-state index >= 15 is 0 Å². The van der Waals surface area contributed by atoms with Gasteiger partial charge in [-0.25, -0.2) is 4.40 Å². The summed E-state index contributed by atoms with van der Waals surface area (Å²) in [5.41, 5.74) is 2.03. The number of hydrogen-bond donors (Lipinski definition) is 0. The Morgan fingerprint density at radius 1 is 1.33 bits per heavy atom. The van der Waals surface area contributed by atoms with Crippen LogP contribution in [0.2, 0.25) is 5.02 Å². The molecule has 2 aromatic heterocycles. The Morgan fingerprint density at radius 3 is 2.72 bits per heavy atom. The maximum atomic E-state index is 11.0. The molecule has 0 bridgehead atoms. The summed E-state index contributed by atoms with van der Waals surface area (Å²) in [5, 5.41) is 3.67. The highest BCUT2D eigenvalue weighted by Gasteiger charge is 2.18. The summed E-state index contributed by atoms with van der Waals surface area (Å²) in [5.74, 6) is 0.589. The van der Waals surface area contributed by atoms with E-state index in [-0.39, 0.29) is 5.82 Å². The van der Waals surface area contributed by atoms with E-state index in [0.29, 0.717) is 16.6 Å². The van der Waals surface area contributed by atoms with Crippen molar-refractivity contribution < 1.29 is 4.42 Å². The van der Waals surface area contributed by atoms with Crippen LogP contribution >= 0.6 is 11.6 Å². The Kier molecular flexibility index (Phi) is 2.41. The zero-order chi connectivity index (χ0) is 12.7. The molecule has 6 heteroatoms. The summed E-state index contributed by atoms with van der Waals surface area (Å²) >= 11 is 5.83. The highest BCUT2D eigenvalue weighted by atomic mass is 35.5. The first-order valence-electron chi connectivity index (χ1n) is 5.26. The molecule has 0 amide bonds. The molecule has 0 unspecified atom stereocenters. The van der Waals surface area contributed by atoms with Crippen molar-refractivity contribution in [2.75, 3.05) is 0 Å². The third kappa shape index (κ3) is 1.52. The predicted molar refractivity (Wildman–Crippen MR) is 68.1 cm³/mol. The van der Waals surface area contributed by atoms with Crippen LogP contribution in [0.3, 0.4) is 0 Å². The highest BCUT2D eigenvalue weighted by molar-refractivity contribution is 6.30. The lowest BCUT2D eigenvalue weighted by Gasteiger charge is -1.97. The topological polar surface area (TPSA) is 59.9 Å². The number of rotatable bonds is 2. The third-order valence-corrected chi connectivity index (χ3v) is 2.97. The maximum absolute atomic E-state index is 11.0. The number of nitrogens with zero attached hydrogens (tertiary/aromatic N) is 3. The summed E-state index contributed by atoms with van der Waals surface area (Å²) in [7, 11) is 0. The van der Waals surface area contributed by atoms with Crippen LogP contribution in [-0.2, 0) is 0 Å². The lowest BCUT2D eigenvalue weighted by Crippen LogP contribution is -1.82. The van der Waals surface area contributed by atoms with Crippen molar-refractivity contribution in [2.24, 2.45) is 5.18 Å². The number of oxazole rings is 1. The number of aromatic nitrogens is 2. The van der Waals surface area contributed by atoms with Crippen molar-refractivity contribution in [1.29, 1.82) is 0 Å². The van der Waals surface area contributed by atoms with Gasteiger partial charge in [0.25, 0.3) is 0 Å². The van der Waals surface area contributed by atoms with Crippen LogP contribution in [-0.4, -0.2) is 9.38 Å². The zero-order valence-corrected chi connectivity index (χ0v) is 10.2. The van der Waals surface area contributed by atoms with Gasteiger partial charge < -0.3 is 4.42 Å². The molecule has 90 valence electrons. The normalized spacial score (nSPS) is 11.0. The minimum absolute atomic E-state index is 0.235. The number of fused-ring (bicyclic) bond motifs is 1. The van der Waals surface area contributed by atoms with E-state index in [2.05, 4.69) is 10.2 Å². The van der Waals surface area contributed by atoms with Crippen molar-refractivity contribution >= 4 is 23.3 Å². The number of aryl methyl sites for hydroxylation is 1. The predicted octanol–water partition coefficient (Wildman–Crippen LogP) is 3.95. The van der Waals surface area contributed by atoms with Crippen molar-refractivity contribution in [2.45, 2.75) is 6.92 Å². The summed E-state index contributed by atoms with van der Waals surface area (Å²) in [4.78, 5) is 15.3. The highest BCUT2D eigenvalue weighted by Crippen LogP contribution is 2.32. The lowest BCUT2D eigenvalue weighted by atomic mass is 10.1. The number of benzene rings is 1. The molecule has 3 rings (SSSR count). The molecule has 3 aromatic rings. The number of hydrogen-bond acceptors (Lipinski definition) is 4. The van der Waals surface area contributed by atoms with E-state index in [1.165, 1.54) is 6.26 Å². The van der Waals surface area contributed by atoms with Gasteiger partial charge in [0, 0.05) is 10.6 Å². The maximum Gasteiger partial charge on any atom is 0.308 e. The van der Waals surface area contributed by atoms with E-state index < -0.39 is 0 Å². The minimum Gasteiger partial charge on any atom is -0.431 e. The van der Waals surface area contributed by atoms with E-state index in [9.17, 15) is 4.91 Å². The molecule has 1 aromatic carbocycles. The van der Waals surface area contributed by atoms with Gasteiger partial charge in [0.05, 0.1) is 5.69 Å². The Morgan fingerprint density at radius 2 is 2.06 bits per heavy atom. The van der Waals surface area contributed by atoms with Crippen LogP contribution in [0.25, 0.3) is 17.1 Å². The molecule has 5 nitrogen and oxygen atoms in total. The number of nitroso groups, excluding NO2 is 1. The quantitative estimate of drug-likeness (QED) is 0.656. The van der Waals surface area contributed by atoms with Crippen LogP contribution in [0.4, 0.5) is 5.82 Å². The van der Waals surface area contributed by atoms with Gasteiger partial charge in [0.2, 0.25) is 5.82 Å². The monoisotopic (exact) mass is 261 g/mol. The third-order valence-electron chi connectivity index (χ3n) is 2.71. The van der Waals surface area contributed by atoms with Crippen LogP contribution in [0, 0.1) is 11.8 Å². The molecule has 0 fully saturated rings. The van der Waals surface area contributed by atoms with Crippen molar-refractivity contribution in [1.82, 2.24) is 9.38 Å². The molecule has 0 atom stereocenters. The molecule has 0 saturated heterocycles. The molecule has 0 spiro atoms. The van der Waals surface area contributed by atoms with Crippen molar-refractivity contribution in [3.8, 4) is 11.3 Å². The second kappa shape index (κ2) is 3.96. The van der Waals surface area contributed by atoms with E-state index in [1.807, 2.05) is 6.92 Å². The molecular weight excluding hydrogens is 254 g/mol. The number of imidazole rings is 1. The Labute approximate surface area is 107 Å². The Balaban J connectivity index is 2.28. The SMILES string of the molecule is Cc1coc2nc(-c3ccc(Cl)cc3)c(N=O)n12.